The van der Waals surface area contributed by atoms with E-state index in [-0.39, 0.29) is 8.20 Å². The number of hydrogen-bond donors (Lipinski definition) is 3. The summed E-state index contributed by atoms with van der Waals surface area (Å²) < 4.78 is 6.58. The van der Waals surface area contributed by atoms with Crippen LogP contribution < -0.4 is 0 Å². The molecule has 2 aromatic carbocycles. The molecule has 10 heterocycles. The molecule has 0 saturated carbocycles. The topological polar surface area (TPSA) is 60.7 Å². The summed E-state index contributed by atoms with van der Waals surface area (Å²) in [6.07, 6.45) is 0. The Hall–Kier alpha value is -1.38. The van der Waals surface area contributed by atoms with Crippen molar-refractivity contribution < 1.29 is 23.0 Å². The molecule has 4 heteroatoms. The summed E-state index contributed by atoms with van der Waals surface area (Å²) in [4.78, 5) is 0. The number of aromatic hydroxyl groups is 2. The Balaban J connectivity index is 1.39. The van der Waals surface area contributed by atoms with E-state index in [1.165, 1.54) is 11.1 Å². The van der Waals surface area contributed by atoms with Crippen molar-refractivity contribution in [3.05, 3.63) is 59.7 Å². The summed E-state index contributed by atoms with van der Waals surface area (Å²) in [6.45, 7) is 0. The fourth-order valence-electron chi connectivity index (χ4n) is 19.8. The third kappa shape index (κ3) is 0.143. The van der Waals surface area contributed by atoms with Gasteiger partial charge in [-0.1, -0.05) is 0 Å². The number of aliphatic hydroxyl groups is 1. The van der Waals surface area contributed by atoms with Gasteiger partial charge in [-0.2, -0.15) is 0 Å². The standard InChI is InChI=1S/C17H13O3.C5H5.Ru/c18-13-5-1-11(2-6-13)15-9-10-16(20)17(15)12-3-7-14(19)8-4-12;1-2-4-5-3-1;/h1-10,18-20H;1-5H;. The van der Waals surface area contributed by atoms with Gasteiger partial charge in [0.05, 0.1) is 0 Å². The molecule has 0 aromatic heterocycles. The monoisotopic (exact) mass is 432 g/mol. The van der Waals surface area contributed by atoms with Crippen molar-refractivity contribution in [2.45, 2.75) is 43.8 Å². The van der Waals surface area contributed by atoms with Gasteiger partial charge in [-0.25, -0.2) is 0 Å². The van der Waals surface area contributed by atoms with Gasteiger partial charge in [0.1, 0.15) is 0 Å². The van der Waals surface area contributed by atoms with Gasteiger partial charge in [-0.05, 0) is 0 Å². The van der Waals surface area contributed by atoms with Gasteiger partial charge in [0, 0.05) is 0 Å². The zero-order valence-electron chi connectivity index (χ0n) is 13.9. The van der Waals surface area contributed by atoms with Gasteiger partial charge in [0.15, 0.2) is 0 Å². The molecule has 132 valence electrons. The van der Waals surface area contributed by atoms with E-state index in [9.17, 15) is 15.3 Å². The molecule has 2 aromatic rings. The first kappa shape index (κ1) is 10.8. The maximum atomic E-state index is 12.5. The number of rotatable bonds is 2. The second-order valence-electron chi connectivity index (χ2n) is 12.9. The van der Waals surface area contributed by atoms with Crippen LogP contribution in [0.1, 0.15) is 11.1 Å². The fraction of sp³-hybridized carbons (Fsp3) is 0.455. The van der Waals surface area contributed by atoms with E-state index >= 15 is 0 Å². The summed E-state index contributed by atoms with van der Waals surface area (Å²) in [6, 6.07) is 16.1. The summed E-state index contributed by atoms with van der Waals surface area (Å²) >= 11 is 0. The molecule has 10 saturated heterocycles. The van der Waals surface area contributed by atoms with Crippen molar-refractivity contribution in [3.8, 4) is 11.5 Å². The van der Waals surface area contributed by atoms with E-state index in [0.29, 0.717) is 15.5 Å². The molecule has 26 heavy (non-hydrogen) atoms. The number of phenolic OH excluding ortho intramolecular Hbond substituents is 2. The Morgan fingerprint density at radius 3 is 1.54 bits per heavy atom. The zero-order valence-corrected chi connectivity index (χ0v) is 15.6. The minimum absolute atomic E-state index is 0.0912. The van der Waals surface area contributed by atoms with E-state index < -0.39 is 7.72 Å². The maximum absolute atomic E-state index is 12.5. The van der Waals surface area contributed by atoms with E-state index in [1.807, 2.05) is 24.3 Å². The van der Waals surface area contributed by atoms with E-state index in [0.717, 1.165) is 31.6 Å². The fourth-order valence-corrected chi connectivity index (χ4v) is 154. The molecule has 1 spiro atoms. The molecule has 12 rings (SSSR count). The van der Waals surface area contributed by atoms with Crippen LogP contribution in [0.15, 0.2) is 48.5 Å². The minimum atomic E-state index is -4.48. The molecule has 0 aliphatic carbocycles. The third-order valence-electron chi connectivity index (χ3n) is 17.5. The molecule has 3 nitrogen and oxygen atoms in total. The Morgan fingerprint density at radius 2 is 1.12 bits per heavy atom. The Kier molecular flexibility index (Phi) is 0.478. The van der Waals surface area contributed by atoms with Crippen molar-refractivity contribution in [2.75, 3.05) is 0 Å². The van der Waals surface area contributed by atoms with E-state index in [1.54, 1.807) is 0 Å². The molecule has 10 fully saturated rings. The van der Waals surface area contributed by atoms with Crippen molar-refractivity contribution in [2.24, 2.45) is 0 Å². The molecule has 5 unspecified atom stereocenters. The van der Waals surface area contributed by atoms with Crippen molar-refractivity contribution in [3.63, 3.8) is 0 Å². The van der Waals surface area contributed by atoms with Crippen LogP contribution in [0.5, 0.6) is 11.5 Å². The summed E-state index contributed by atoms with van der Waals surface area (Å²) in [5.74, 6) is 0.674. The zero-order chi connectivity index (χ0) is 16.8. The quantitative estimate of drug-likeness (QED) is 0.632. The number of hydrogen-bond acceptors (Lipinski definition) is 3. The number of fused-ring (bicyclic) bond motifs is 10. The Labute approximate surface area is 138 Å². The van der Waals surface area contributed by atoms with Crippen LogP contribution in [0.3, 0.4) is 0 Å². The SMILES string of the molecule is Oc1ccc([C]23[CH]4[CH]5[C]6(O)[C]2(c2ccc(O)cc2)[Ru]54632789[CH]3[CH]2[CH]7[CH]8[CH]39)cc1. The van der Waals surface area contributed by atoms with Crippen LogP contribution in [0.2, 0.25) is 31.6 Å². The van der Waals surface area contributed by atoms with Crippen molar-refractivity contribution in [1.82, 2.24) is 0 Å². The first-order valence-corrected chi connectivity index (χ1v) is 19.5. The van der Waals surface area contributed by atoms with Gasteiger partial charge < -0.3 is 0 Å². The van der Waals surface area contributed by atoms with E-state index in [2.05, 4.69) is 24.3 Å². The molecule has 10 aliphatic rings. The van der Waals surface area contributed by atoms with Crippen LogP contribution in [0.25, 0.3) is 0 Å². The number of benzene rings is 2. The molecule has 5 atom stereocenters. The van der Waals surface area contributed by atoms with Crippen LogP contribution in [-0.4, -0.2) is 19.5 Å². The molecule has 0 radical (unpaired) electrons. The Morgan fingerprint density at radius 1 is 0.654 bits per heavy atom. The molecule has 0 bridgehead atoms. The van der Waals surface area contributed by atoms with Crippen LogP contribution in [-0.2, 0) is 15.7 Å². The Bertz CT molecular complexity index is 1600. The normalized spacial score (nSPS) is 87.5. The second kappa shape index (κ2) is 1.15. The summed E-state index contributed by atoms with van der Waals surface area (Å²) in [5.41, 5.74) is 2.84. The second-order valence-corrected chi connectivity index (χ2v) is 48.8. The summed E-state index contributed by atoms with van der Waals surface area (Å²) in [7, 11) is -4.48. The molecule has 3 N–H and O–H groups in total. The first-order valence-electron chi connectivity index (χ1n) is 9.85. The van der Waals surface area contributed by atoms with Crippen LogP contribution in [0.4, 0.5) is 0 Å². The van der Waals surface area contributed by atoms with Gasteiger partial charge in [0.2, 0.25) is 0 Å². The average molecular weight is 431 g/mol. The molecule has 0 amide bonds. The first-order chi connectivity index (χ1) is 12.3. The molecular formula is C22H18O3Ru. The van der Waals surface area contributed by atoms with Crippen molar-refractivity contribution >= 4 is 0 Å². The van der Waals surface area contributed by atoms with Gasteiger partial charge in [-0.3, -0.25) is 0 Å². The third-order valence-corrected chi connectivity index (χ3v) is 84.8. The van der Waals surface area contributed by atoms with E-state index in [4.69, 9.17) is 0 Å². The van der Waals surface area contributed by atoms with Crippen LogP contribution >= 0.6 is 0 Å². The van der Waals surface area contributed by atoms with Gasteiger partial charge in [0.25, 0.3) is 0 Å². The van der Waals surface area contributed by atoms with Crippen molar-refractivity contribution in [1.29, 1.82) is 0 Å². The van der Waals surface area contributed by atoms with Gasteiger partial charge in [-0.15, -0.1) is 0 Å². The van der Waals surface area contributed by atoms with Gasteiger partial charge >= 0.3 is 138 Å². The predicted octanol–water partition coefficient (Wildman–Crippen LogP) is 3.90. The number of phenols is 2. The molecule has 10 aliphatic heterocycles. The average Bonchev–Trinajstić information content (AvgIpc) is 3.59. The molecular weight excluding hydrogens is 413 g/mol. The van der Waals surface area contributed by atoms with Crippen LogP contribution in [0, 0.1) is 0 Å². The summed E-state index contributed by atoms with van der Waals surface area (Å²) in [5, 5.41) is 32.2. The predicted molar refractivity (Wildman–Crippen MR) is 90.8 cm³/mol.